The van der Waals surface area contributed by atoms with Crippen molar-refractivity contribution in [2.75, 3.05) is 7.11 Å². The third kappa shape index (κ3) is 2.84. The summed E-state index contributed by atoms with van der Waals surface area (Å²) in [5.41, 5.74) is -1.22. The molecule has 0 unspecified atom stereocenters. The van der Waals surface area contributed by atoms with Crippen LogP contribution >= 0.6 is 0 Å². The van der Waals surface area contributed by atoms with Gasteiger partial charge in [0, 0.05) is 5.56 Å². The molecule has 0 aromatic heterocycles. The van der Waals surface area contributed by atoms with Crippen molar-refractivity contribution in [1.82, 2.24) is 0 Å². The minimum atomic E-state index is -4.57. The second-order valence-corrected chi connectivity index (χ2v) is 5.07. The normalized spacial score (nSPS) is 15.8. The lowest BCUT2D eigenvalue weighted by atomic mass is 9.95. The van der Waals surface area contributed by atoms with Crippen LogP contribution in [0.15, 0.2) is 58.8 Å². The van der Waals surface area contributed by atoms with E-state index in [0.717, 1.165) is 5.56 Å². The Bertz CT molecular complexity index is 761. The fraction of sp³-hybridized carbons (Fsp3) is 0.176. The van der Waals surface area contributed by atoms with Crippen LogP contribution in [0.4, 0.5) is 13.2 Å². The first-order chi connectivity index (χ1) is 11.0. The molecular formula is C17H13F3N2O. The highest BCUT2D eigenvalue weighted by molar-refractivity contribution is 5.72. The van der Waals surface area contributed by atoms with E-state index in [4.69, 9.17) is 4.74 Å². The first-order valence-electron chi connectivity index (χ1n) is 6.89. The van der Waals surface area contributed by atoms with Crippen molar-refractivity contribution in [2.45, 2.75) is 11.8 Å². The van der Waals surface area contributed by atoms with E-state index in [1.165, 1.54) is 13.2 Å². The van der Waals surface area contributed by atoms with Crippen LogP contribution in [0.3, 0.4) is 0 Å². The predicted octanol–water partition coefficient (Wildman–Crippen LogP) is 5.05. The Morgan fingerprint density at radius 2 is 1.70 bits per heavy atom. The zero-order chi connectivity index (χ0) is 16.5. The molecule has 3 nitrogen and oxygen atoms in total. The lowest BCUT2D eigenvalue weighted by Crippen LogP contribution is -2.30. The number of nitrogens with zero attached hydrogens (tertiary/aromatic N) is 2. The van der Waals surface area contributed by atoms with Crippen molar-refractivity contribution in [2.24, 2.45) is 10.2 Å². The Hall–Kier alpha value is -2.63. The Morgan fingerprint density at radius 3 is 2.26 bits per heavy atom. The number of rotatable bonds is 4. The van der Waals surface area contributed by atoms with E-state index in [0.29, 0.717) is 11.3 Å². The van der Waals surface area contributed by atoms with Gasteiger partial charge in [0.2, 0.25) is 0 Å². The molecule has 0 bridgehead atoms. The summed E-state index contributed by atoms with van der Waals surface area (Å²) < 4.78 is 45.0. The van der Waals surface area contributed by atoms with E-state index in [2.05, 4.69) is 10.2 Å². The first kappa shape index (κ1) is 15.3. The van der Waals surface area contributed by atoms with Gasteiger partial charge in [-0.2, -0.15) is 13.2 Å². The molecule has 118 valence electrons. The molecule has 0 N–H and O–H groups in total. The lowest BCUT2D eigenvalue weighted by Gasteiger charge is -2.18. The van der Waals surface area contributed by atoms with Crippen molar-refractivity contribution in [3.8, 4) is 5.75 Å². The number of methoxy groups -OCH3 is 1. The van der Waals surface area contributed by atoms with Crippen molar-refractivity contribution in [3.05, 3.63) is 65.2 Å². The highest BCUT2D eigenvalue weighted by Gasteiger charge is 2.65. The maximum Gasteiger partial charge on any atom is 0.442 e. The maximum absolute atomic E-state index is 13.3. The fourth-order valence-corrected chi connectivity index (χ4v) is 2.28. The zero-order valence-electron chi connectivity index (χ0n) is 12.2. The summed E-state index contributed by atoms with van der Waals surface area (Å²) in [5, 5.41) is 6.55. The molecule has 2 aromatic rings. The molecule has 0 saturated heterocycles. The van der Waals surface area contributed by atoms with Gasteiger partial charge in [-0.05, 0) is 23.3 Å². The van der Waals surface area contributed by atoms with E-state index in [1.807, 2.05) is 30.3 Å². The SMILES string of the molecule is COc1ccc(/C=C/c2ccccc2)c(C2(C(F)(F)F)N=N2)c1. The van der Waals surface area contributed by atoms with E-state index in [1.54, 1.807) is 24.3 Å². The number of hydrogen-bond acceptors (Lipinski definition) is 3. The maximum atomic E-state index is 13.3. The summed E-state index contributed by atoms with van der Waals surface area (Å²) in [6.07, 6.45) is -1.20. The number of benzene rings is 2. The number of hydrogen-bond donors (Lipinski definition) is 0. The van der Waals surface area contributed by atoms with Gasteiger partial charge in [-0.1, -0.05) is 48.6 Å². The summed E-state index contributed by atoms with van der Waals surface area (Å²) in [6.45, 7) is 0. The Balaban J connectivity index is 2.03. The number of alkyl halides is 3. The van der Waals surface area contributed by atoms with Crippen molar-refractivity contribution >= 4 is 12.2 Å². The van der Waals surface area contributed by atoms with Gasteiger partial charge in [0.25, 0.3) is 0 Å². The molecule has 0 amide bonds. The van der Waals surface area contributed by atoms with Crippen LogP contribution < -0.4 is 4.74 Å². The summed E-state index contributed by atoms with van der Waals surface area (Å²) in [7, 11) is 1.40. The van der Waals surface area contributed by atoms with Crippen LogP contribution in [0, 0.1) is 0 Å². The minimum Gasteiger partial charge on any atom is -0.497 e. The van der Waals surface area contributed by atoms with Gasteiger partial charge >= 0.3 is 11.8 Å². The average Bonchev–Trinajstić information content (AvgIpc) is 3.35. The third-order valence-electron chi connectivity index (χ3n) is 3.59. The molecule has 0 atom stereocenters. The number of ether oxygens (including phenoxy) is 1. The summed E-state index contributed by atoms with van der Waals surface area (Å²) in [4.78, 5) is 0. The largest absolute Gasteiger partial charge is 0.497 e. The van der Waals surface area contributed by atoms with Crippen LogP contribution in [0.1, 0.15) is 16.7 Å². The molecule has 3 rings (SSSR count). The lowest BCUT2D eigenvalue weighted by molar-refractivity contribution is -0.166. The number of halogens is 3. The highest BCUT2D eigenvalue weighted by Crippen LogP contribution is 2.54. The van der Waals surface area contributed by atoms with E-state index in [9.17, 15) is 13.2 Å². The van der Waals surface area contributed by atoms with Gasteiger partial charge in [-0.15, -0.1) is 10.2 Å². The second kappa shape index (κ2) is 5.53. The van der Waals surface area contributed by atoms with Crippen molar-refractivity contribution in [1.29, 1.82) is 0 Å². The highest BCUT2D eigenvalue weighted by atomic mass is 19.4. The molecule has 1 aliphatic heterocycles. The molecule has 0 aliphatic carbocycles. The fourth-order valence-electron chi connectivity index (χ4n) is 2.28. The van der Waals surface area contributed by atoms with E-state index >= 15 is 0 Å². The zero-order valence-corrected chi connectivity index (χ0v) is 12.2. The Labute approximate surface area is 131 Å². The van der Waals surface area contributed by atoms with Crippen LogP contribution in [0.5, 0.6) is 5.75 Å². The van der Waals surface area contributed by atoms with Gasteiger partial charge in [0.05, 0.1) is 7.11 Å². The van der Waals surface area contributed by atoms with Crippen LogP contribution in [0.2, 0.25) is 0 Å². The van der Waals surface area contributed by atoms with Crippen molar-refractivity contribution in [3.63, 3.8) is 0 Å². The van der Waals surface area contributed by atoms with Gasteiger partial charge in [-0.3, -0.25) is 0 Å². The summed E-state index contributed by atoms with van der Waals surface area (Å²) >= 11 is 0. The standard InChI is InChI=1S/C17H13F3N2O/c1-23-14-10-9-13(8-7-12-5-3-2-4-6-12)15(11-14)16(21-22-16)17(18,19)20/h2-11H,1H3/b8-7+. The van der Waals surface area contributed by atoms with Crippen molar-refractivity contribution < 1.29 is 17.9 Å². The van der Waals surface area contributed by atoms with Gasteiger partial charge in [0.1, 0.15) is 5.75 Å². The predicted molar refractivity (Wildman–Crippen MR) is 81.0 cm³/mol. The quantitative estimate of drug-likeness (QED) is 0.727. The average molecular weight is 318 g/mol. The molecule has 0 radical (unpaired) electrons. The van der Waals surface area contributed by atoms with Crippen LogP contribution in [0.25, 0.3) is 12.2 Å². The van der Waals surface area contributed by atoms with Gasteiger partial charge in [0.15, 0.2) is 0 Å². The molecule has 1 aliphatic rings. The molecule has 0 saturated carbocycles. The van der Waals surface area contributed by atoms with E-state index < -0.39 is 11.8 Å². The topological polar surface area (TPSA) is 34.0 Å². The van der Waals surface area contributed by atoms with Crippen LogP contribution in [-0.2, 0) is 5.66 Å². The molecule has 1 heterocycles. The first-order valence-corrected chi connectivity index (χ1v) is 6.89. The second-order valence-electron chi connectivity index (χ2n) is 5.07. The van der Waals surface area contributed by atoms with E-state index in [-0.39, 0.29) is 5.56 Å². The third-order valence-corrected chi connectivity index (χ3v) is 3.59. The Kier molecular flexibility index (Phi) is 3.67. The molecular weight excluding hydrogens is 305 g/mol. The summed E-state index contributed by atoms with van der Waals surface area (Å²) in [6, 6.07) is 13.8. The van der Waals surface area contributed by atoms with Gasteiger partial charge < -0.3 is 4.74 Å². The monoisotopic (exact) mass is 318 g/mol. The smallest absolute Gasteiger partial charge is 0.442 e. The molecule has 6 heteroatoms. The molecule has 23 heavy (non-hydrogen) atoms. The van der Waals surface area contributed by atoms with Crippen LogP contribution in [-0.4, -0.2) is 13.3 Å². The Morgan fingerprint density at radius 1 is 1.00 bits per heavy atom. The molecule has 0 spiro atoms. The molecule has 0 fully saturated rings. The summed E-state index contributed by atoms with van der Waals surface area (Å²) in [5.74, 6) is 0.331. The minimum absolute atomic E-state index is 0.0310. The van der Waals surface area contributed by atoms with Gasteiger partial charge in [-0.25, -0.2) is 0 Å². The molecule has 2 aromatic carbocycles.